The third-order valence-electron chi connectivity index (χ3n) is 1.77. The van der Waals surface area contributed by atoms with Gasteiger partial charge in [-0.1, -0.05) is 33.6 Å². The first-order valence-electron chi connectivity index (χ1n) is 4.86. The highest BCUT2D eigenvalue weighted by Gasteiger charge is 2.26. The Morgan fingerprint density at radius 2 is 1.71 bits per heavy atom. The summed E-state index contributed by atoms with van der Waals surface area (Å²) >= 11 is 0. The van der Waals surface area contributed by atoms with Crippen LogP contribution in [0.5, 0.6) is 0 Å². The van der Waals surface area contributed by atoms with Gasteiger partial charge in [-0.15, -0.1) is 0 Å². The number of rotatable bonds is 4. The second kappa shape index (κ2) is 9.21. The standard InChI is InChI=1S/C5H10NO3P.C4H10/c1-2-5(3-4-6)10(7,8)9;1-3-4-2/h5H,2-3H2,1H3,(H2,7,8,9);3-4H2,1-2H3. The third kappa shape index (κ3) is 9.73. The zero-order valence-corrected chi connectivity index (χ0v) is 10.00. The van der Waals surface area contributed by atoms with Gasteiger partial charge in [-0.2, -0.15) is 5.26 Å². The van der Waals surface area contributed by atoms with Crippen molar-refractivity contribution in [1.82, 2.24) is 0 Å². The molecule has 5 heteroatoms. The Morgan fingerprint density at radius 3 is 1.79 bits per heavy atom. The van der Waals surface area contributed by atoms with Crippen molar-refractivity contribution in [2.75, 3.05) is 0 Å². The van der Waals surface area contributed by atoms with Crippen LogP contribution in [0.3, 0.4) is 0 Å². The molecule has 0 saturated carbocycles. The van der Waals surface area contributed by atoms with Gasteiger partial charge >= 0.3 is 7.60 Å². The summed E-state index contributed by atoms with van der Waals surface area (Å²) in [6.45, 7) is 6.01. The molecule has 0 fully saturated rings. The second-order valence-electron chi connectivity index (χ2n) is 3.01. The molecule has 0 radical (unpaired) electrons. The first-order valence-corrected chi connectivity index (χ1v) is 6.54. The highest BCUT2D eigenvalue weighted by molar-refractivity contribution is 7.52. The van der Waals surface area contributed by atoms with Crippen LogP contribution in [-0.2, 0) is 4.57 Å². The Bertz CT molecular complexity index is 205. The summed E-state index contributed by atoms with van der Waals surface area (Å²) in [6, 6.07) is 1.73. The van der Waals surface area contributed by atoms with Crippen molar-refractivity contribution in [3.05, 3.63) is 0 Å². The number of unbranched alkanes of at least 4 members (excludes halogenated alkanes) is 1. The van der Waals surface area contributed by atoms with Crippen LogP contribution in [0.15, 0.2) is 0 Å². The van der Waals surface area contributed by atoms with Crippen LogP contribution >= 0.6 is 7.60 Å². The van der Waals surface area contributed by atoms with E-state index in [2.05, 4.69) is 13.8 Å². The molecule has 0 aliphatic heterocycles. The molecule has 0 rings (SSSR count). The Hall–Kier alpha value is -0.360. The summed E-state index contributed by atoms with van der Waals surface area (Å²) in [7, 11) is -4.01. The van der Waals surface area contributed by atoms with Crippen LogP contribution in [0.4, 0.5) is 0 Å². The molecule has 0 aliphatic rings. The van der Waals surface area contributed by atoms with Crippen LogP contribution < -0.4 is 0 Å². The van der Waals surface area contributed by atoms with E-state index in [1.807, 2.05) is 0 Å². The van der Waals surface area contributed by atoms with Gasteiger partial charge in [0.25, 0.3) is 0 Å². The molecule has 0 amide bonds. The van der Waals surface area contributed by atoms with Crippen molar-refractivity contribution in [2.24, 2.45) is 0 Å². The number of nitriles is 1. The lowest BCUT2D eigenvalue weighted by molar-refractivity contribution is 0.356. The summed E-state index contributed by atoms with van der Waals surface area (Å²) in [5.41, 5.74) is -0.780. The predicted octanol–water partition coefficient (Wildman–Crippen LogP) is 2.66. The lowest BCUT2D eigenvalue weighted by Crippen LogP contribution is -2.05. The second-order valence-corrected chi connectivity index (χ2v) is 4.92. The molecule has 1 atom stereocenters. The minimum absolute atomic E-state index is 0.0687. The Morgan fingerprint density at radius 1 is 1.29 bits per heavy atom. The van der Waals surface area contributed by atoms with Crippen molar-refractivity contribution >= 4 is 7.60 Å². The van der Waals surface area contributed by atoms with Gasteiger partial charge in [-0.05, 0) is 6.42 Å². The maximum Gasteiger partial charge on any atom is 0.329 e. The monoisotopic (exact) mass is 221 g/mol. The summed E-state index contributed by atoms with van der Waals surface area (Å²) < 4.78 is 10.5. The average molecular weight is 221 g/mol. The Labute approximate surface area is 86.1 Å². The van der Waals surface area contributed by atoms with Crippen molar-refractivity contribution in [2.45, 2.75) is 52.1 Å². The minimum Gasteiger partial charge on any atom is -0.324 e. The fraction of sp³-hybridized carbons (Fsp3) is 0.889. The number of nitrogens with zero attached hydrogens (tertiary/aromatic N) is 1. The van der Waals surface area contributed by atoms with Gasteiger partial charge in [0.2, 0.25) is 0 Å². The Kier molecular flexibility index (Phi) is 10.6. The zero-order valence-electron chi connectivity index (χ0n) is 9.10. The molecule has 0 bridgehead atoms. The molecule has 84 valence electrons. The molecule has 0 aromatic carbocycles. The largest absolute Gasteiger partial charge is 0.329 e. The summed E-state index contributed by atoms with van der Waals surface area (Å²) in [5, 5.41) is 8.14. The van der Waals surface area contributed by atoms with Crippen LogP contribution in [0, 0.1) is 11.3 Å². The molecular weight excluding hydrogens is 201 g/mol. The first kappa shape index (κ1) is 16.1. The number of hydrogen-bond donors (Lipinski definition) is 2. The van der Waals surface area contributed by atoms with Gasteiger partial charge in [0, 0.05) is 6.42 Å². The van der Waals surface area contributed by atoms with Gasteiger partial charge in [0.15, 0.2) is 0 Å². The minimum atomic E-state index is -4.01. The van der Waals surface area contributed by atoms with Gasteiger partial charge in [-0.25, -0.2) is 0 Å². The zero-order chi connectivity index (χ0) is 11.6. The highest BCUT2D eigenvalue weighted by Crippen LogP contribution is 2.44. The summed E-state index contributed by atoms with van der Waals surface area (Å²) in [6.07, 6.45) is 2.92. The van der Waals surface area contributed by atoms with Crippen LogP contribution in [0.25, 0.3) is 0 Å². The molecular formula is C9H20NO3P. The van der Waals surface area contributed by atoms with E-state index >= 15 is 0 Å². The molecule has 0 saturated heterocycles. The summed E-state index contributed by atoms with van der Waals surface area (Å²) in [4.78, 5) is 17.1. The SMILES string of the molecule is CCC(CC#N)P(=O)(O)O.CCCC. The molecule has 0 aromatic rings. The van der Waals surface area contributed by atoms with Gasteiger partial charge in [-0.3, -0.25) is 4.57 Å². The molecule has 0 aromatic heterocycles. The van der Waals surface area contributed by atoms with Crippen LogP contribution in [0.2, 0.25) is 0 Å². The first-order chi connectivity index (χ1) is 6.43. The van der Waals surface area contributed by atoms with E-state index in [4.69, 9.17) is 15.0 Å². The normalized spacial score (nSPS) is 12.3. The quantitative estimate of drug-likeness (QED) is 0.715. The lowest BCUT2D eigenvalue weighted by atomic mass is 10.3. The van der Waals surface area contributed by atoms with Crippen molar-refractivity contribution in [1.29, 1.82) is 5.26 Å². The van der Waals surface area contributed by atoms with Crippen molar-refractivity contribution in [3.63, 3.8) is 0 Å². The van der Waals surface area contributed by atoms with Gasteiger partial charge < -0.3 is 9.79 Å². The smallest absolute Gasteiger partial charge is 0.324 e. The maximum atomic E-state index is 10.5. The van der Waals surface area contributed by atoms with Gasteiger partial charge in [0.1, 0.15) is 0 Å². The molecule has 0 aliphatic carbocycles. The van der Waals surface area contributed by atoms with E-state index in [1.165, 1.54) is 12.8 Å². The predicted molar refractivity (Wildman–Crippen MR) is 56.9 cm³/mol. The molecule has 14 heavy (non-hydrogen) atoms. The van der Waals surface area contributed by atoms with Crippen LogP contribution in [-0.4, -0.2) is 15.4 Å². The van der Waals surface area contributed by atoms with Crippen molar-refractivity contribution in [3.8, 4) is 6.07 Å². The average Bonchev–Trinajstić information content (AvgIpc) is 2.12. The van der Waals surface area contributed by atoms with E-state index in [0.717, 1.165) is 0 Å². The lowest BCUT2D eigenvalue weighted by Gasteiger charge is -2.11. The summed E-state index contributed by atoms with van der Waals surface area (Å²) in [5.74, 6) is 0. The van der Waals surface area contributed by atoms with E-state index in [1.54, 1.807) is 13.0 Å². The Balaban J connectivity index is 0. The molecule has 1 unspecified atom stereocenters. The highest BCUT2D eigenvalue weighted by atomic mass is 31.2. The fourth-order valence-corrected chi connectivity index (χ4v) is 1.40. The third-order valence-corrected chi connectivity index (χ3v) is 3.27. The van der Waals surface area contributed by atoms with Gasteiger partial charge in [0.05, 0.1) is 11.7 Å². The number of hydrogen-bond acceptors (Lipinski definition) is 2. The van der Waals surface area contributed by atoms with Crippen LogP contribution in [0.1, 0.15) is 46.5 Å². The van der Waals surface area contributed by atoms with E-state index < -0.39 is 13.3 Å². The van der Waals surface area contributed by atoms with E-state index in [-0.39, 0.29) is 6.42 Å². The topological polar surface area (TPSA) is 81.3 Å². The molecule has 0 spiro atoms. The van der Waals surface area contributed by atoms with E-state index in [0.29, 0.717) is 6.42 Å². The maximum absolute atomic E-state index is 10.5. The fourth-order valence-electron chi connectivity index (χ4n) is 0.606. The molecule has 0 heterocycles. The van der Waals surface area contributed by atoms with Crippen molar-refractivity contribution < 1.29 is 14.4 Å². The molecule has 2 N–H and O–H groups in total. The molecule has 4 nitrogen and oxygen atoms in total. The van der Waals surface area contributed by atoms with E-state index in [9.17, 15) is 4.57 Å².